The molecule has 0 fully saturated rings. The van der Waals surface area contributed by atoms with Gasteiger partial charge in [0.15, 0.2) is 0 Å². The first-order valence-corrected chi connectivity index (χ1v) is 4.64. The molecular weight excluding hydrogens is 174 g/mol. The van der Waals surface area contributed by atoms with Crippen LogP contribution in [0.2, 0.25) is 0 Å². The average Bonchev–Trinajstić information content (AvgIpc) is 2.30. The van der Waals surface area contributed by atoms with Crippen molar-refractivity contribution in [1.82, 2.24) is 10.3 Å². The van der Waals surface area contributed by atoms with Crippen LogP contribution >= 0.6 is 0 Å². The van der Waals surface area contributed by atoms with Gasteiger partial charge in [0.05, 0.1) is 12.3 Å². The SMILES string of the molecule is [C-]#[N+]c1ccc(C2=CCNCC2)nc1. The molecule has 0 amide bonds. The molecule has 0 saturated carbocycles. The lowest BCUT2D eigenvalue weighted by molar-refractivity contribution is 0.737. The van der Waals surface area contributed by atoms with Crippen molar-refractivity contribution in [2.75, 3.05) is 13.1 Å². The van der Waals surface area contributed by atoms with E-state index in [1.54, 1.807) is 6.20 Å². The van der Waals surface area contributed by atoms with Gasteiger partial charge in [-0.2, -0.15) is 0 Å². The van der Waals surface area contributed by atoms with Gasteiger partial charge >= 0.3 is 0 Å². The fraction of sp³-hybridized carbons (Fsp3) is 0.273. The molecule has 2 rings (SSSR count). The number of hydrogen-bond acceptors (Lipinski definition) is 2. The lowest BCUT2D eigenvalue weighted by atomic mass is 10.1. The highest BCUT2D eigenvalue weighted by Crippen LogP contribution is 2.19. The maximum Gasteiger partial charge on any atom is 0.205 e. The summed E-state index contributed by atoms with van der Waals surface area (Å²) in [6, 6.07) is 3.74. The zero-order valence-electron chi connectivity index (χ0n) is 7.83. The van der Waals surface area contributed by atoms with Crippen LogP contribution in [0.25, 0.3) is 10.4 Å². The maximum absolute atomic E-state index is 6.82. The first-order valence-electron chi connectivity index (χ1n) is 4.64. The first kappa shape index (κ1) is 8.92. The van der Waals surface area contributed by atoms with E-state index in [1.807, 2.05) is 12.1 Å². The van der Waals surface area contributed by atoms with Gasteiger partial charge in [-0.1, -0.05) is 12.1 Å². The van der Waals surface area contributed by atoms with E-state index in [-0.39, 0.29) is 0 Å². The maximum atomic E-state index is 6.82. The molecule has 1 aromatic rings. The molecule has 2 heterocycles. The Labute approximate surface area is 83.3 Å². The number of aromatic nitrogens is 1. The van der Waals surface area contributed by atoms with Crippen molar-refractivity contribution in [3.63, 3.8) is 0 Å². The van der Waals surface area contributed by atoms with E-state index in [2.05, 4.69) is 21.2 Å². The van der Waals surface area contributed by atoms with Crippen LogP contribution in [0.1, 0.15) is 12.1 Å². The number of nitrogens with zero attached hydrogens (tertiary/aromatic N) is 2. The Balaban J connectivity index is 2.25. The summed E-state index contributed by atoms with van der Waals surface area (Å²) in [6.07, 6.45) is 4.80. The molecule has 1 aromatic heterocycles. The summed E-state index contributed by atoms with van der Waals surface area (Å²) < 4.78 is 0. The number of pyridine rings is 1. The highest BCUT2D eigenvalue weighted by Gasteiger charge is 2.06. The van der Waals surface area contributed by atoms with Crippen LogP contribution in [0.15, 0.2) is 24.4 Å². The van der Waals surface area contributed by atoms with Crippen LogP contribution in [-0.2, 0) is 0 Å². The first-order chi connectivity index (χ1) is 6.90. The Morgan fingerprint density at radius 1 is 1.43 bits per heavy atom. The normalized spacial score (nSPS) is 15.8. The molecule has 1 aliphatic heterocycles. The molecule has 0 atom stereocenters. The predicted molar refractivity (Wildman–Crippen MR) is 56.0 cm³/mol. The summed E-state index contributed by atoms with van der Waals surface area (Å²) in [5.74, 6) is 0. The van der Waals surface area contributed by atoms with E-state index in [0.717, 1.165) is 25.2 Å². The van der Waals surface area contributed by atoms with Crippen molar-refractivity contribution < 1.29 is 0 Å². The third kappa shape index (κ3) is 1.81. The highest BCUT2D eigenvalue weighted by molar-refractivity contribution is 5.64. The molecule has 0 aliphatic carbocycles. The van der Waals surface area contributed by atoms with Crippen molar-refractivity contribution in [1.29, 1.82) is 0 Å². The standard InChI is InChI=1S/C11H11N3/c1-12-10-2-3-11(14-8-10)9-4-6-13-7-5-9/h2-4,8,13H,5-7H2. The van der Waals surface area contributed by atoms with Crippen LogP contribution < -0.4 is 5.32 Å². The van der Waals surface area contributed by atoms with Gasteiger partial charge in [-0.05, 0) is 24.6 Å². The van der Waals surface area contributed by atoms with Gasteiger partial charge < -0.3 is 5.32 Å². The molecule has 0 aromatic carbocycles. The molecule has 70 valence electrons. The highest BCUT2D eigenvalue weighted by atomic mass is 14.9. The second-order valence-electron chi connectivity index (χ2n) is 3.20. The van der Waals surface area contributed by atoms with Crippen LogP contribution in [0.3, 0.4) is 0 Å². The van der Waals surface area contributed by atoms with E-state index in [0.29, 0.717) is 5.69 Å². The summed E-state index contributed by atoms with van der Waals surface area (Å²) >= 11 is 0. The molecule has 3 heteroatoms. The van der Waals surface area contributed by atoms with Gasteiger partial charge in [0.25, 0.3) is 0 Å². The average molecular weight is 185 g/mol. The molecular formula is C11H11N3. The van der Waals surface area contributed by atoms with Gasteiger partial charge in [0.1, 0.15) is 0 Å². The lowest BCUT2D eigenvalue weighted by Gasteiger charge is -2.13. The summed E-state index contributed by atoms with van der Waals surface area (Å²) in [5.41, 5.74) is 2.88. The zero-order valence-corrected chi connectivity index (χ0v) is 7.83. The quantitative estimate of drug-likeness (QED) is 0.678. The van der Waals surface area contributed by atoms with Crippen LogP contribution in [0.4, 0.5) is 5.69 Å². The Kier molecular flexibility index (Phi) is 2.57. The fourth-order valence-corrected chi connectivity index (χ4v) is 1.50. The number of rotatable bonds is 1. The van der Waals surface area contributed by atoms with Crippen molar-refractivity contribution in [2.24, 2.45) is 0 Å². The molecule has 0 spiro atoms. The third-order valence-corrected chi connectivity index (χ3v) is 2.27. The monoisotopic (exact) mass is 185 g/mol. The largest absolute Gasteiger partial charge is 0.313 e. The van der Waals surface area contributed by atoms with Gasteiger partial charge in [-0.25, -0.2) is 4.85 Å². The van der Waals surface area contributed by atoms with Crippen molar-refractivity contribution in [3.05, 3.63) is 41.5 Å². The third-order valence-electron chi connectivity index (χ3n) is 2.27. The Morgan fingerprint density at radius 2 is 2.36 bits per heavy atom. The van der Waals surface area contributed by atoms with Gasteiger partial charge in [-0.15, -0.1) is 0 Å². The summed E-state index contributed by atoms with van der Waals surface area (Å²) in [5, 5.41) is 3.25. The van der Waals surface area contributed by atoms with Crippen LogP contribution in [-0.4, -0.2) is 18.1 Å². The number of nitrogens with one attached hydrogen (secondary N) is 1. The molecule has 3 nitrogen and oxygen atoms in total. The van der Waals surface area contributed by atoms with Gasteiger partial charge in [0.2, 0.25) is 5.69 Å². The topological polar surface area (TPSA) is 29.3 Å². The summed E-state index contributed by atoms with van der Waals surface area (Å²) in [6.45, 7) is 8.75. The minimum absolute atomic E-state index is 0.600. The molecule has 0 bridgehead atoms. The van der Waals surface area contributed by atoms with Crippen LogP contribution in [0.5, 0.6) is 0 Å². The van der Waals surface area contributed by atoms with E-state index in [9.17, 15) is 0 Å². The van der Waals surface area contributed by atoms with E-state index >= 15 is 0 Å². The molecule has 0 radical (unpaired) electrons. The van der Waals surface area contributed by atoms with Crippen molar-refractivity contribution >= 4 is 11.3 Å². The predicted octanol–water partition coefficient (Wildman–Crippen LogP) is 2.01. The van der Waals surface area contributed by atoms with Gasteiger partial charge in [-0.3, -0.25) is 4.98 Å². The minimum atomic E-state index is 0.600. The lowest BCUT2D eigenvalue weighted by Crippen LogP contribution is -2.20. The van der Waals surface area contributed by atoms with Crippen LogP contribution in [0, 0.1) is 6.57 Å². The number of hydrogen-bond donors (Lipinski definition) is 1. The van der Waals surface area contributed by atoms with E-state index < -0.39 is 0 Å². The van der Waals surface area contributed by atoms with E-state index in [1.165, 1.54) is 5.57 Å². The Morgan fingerprint density at radius 3 is 2.93 bits per heavy atom. The Bertz CT molecular complexity index is 384. The zero-order chi connectivity index (χ0) is 9.80. The molecule has 1 N–H and O–H groups in total. The molecule has 0 unspecified atom stereocenters. The van der Waals surface area contributed by atoms with Gasteiger partial charge in [0, 0.05) is 12.7 Å². The van der Waals surface area contributed by atoms with Crippen molar-refractivity contribution in [3.8, 4) is 0 Å². The smallest absolute Gasteiger partial charge is 0.205 e. The summed E-state index contributed by atoms with van der Waals surface area (Å²) in [4.78, 5) is 7.58. The molecule has 14 heavy (non-hydrogen) atoms. The van der Waals surface area contributed by atoms with Crippen molar-refractivity contribution in [2.45, 2.75) is 6.42 Å². The summed E-state index contributed by atoms with van der Waals surface area (Å²) in [7, 11) is 0. The van der Waals surface area contributed by atoms with E-state index in [4.69, 9.17) is 6.57 Å². The molecule has 1 aliphatic rings. The second kappa shape index (κ2) is 4.03. The second-order valence-corrected chi connectivity index (χ2v) is 3.20. The molecule has 0 saturated heterocycles. The minimum Gasteiger partial charge on any atom is -0.313 e. The Hall–Kier alpha value is -1.66. The fourth-order valence-electron chi connectivity index (χ4n) is 1.50.